The molecule has 0 aromatic rings. The van der Waals surface area contributed by atoms with Gasteiger partial charge in [0.2, 0.25) is 0 Å². The monoisotopic (exact) mass is 253 g/mol. The molecule has 0 aromatic carbocycles. The van der Waals surface area contributed by atoms with E-state index in [9.17, 15) is 0 Å². The van der Waals surface area contributed by atoms with Crippen molar-refractivity contribution in [3.05, 3.63) is 0 Å². The van der Waals surface area contributed by atoms with Crippen molar-refractivity contribution in [3.63, 3.8) is 0 Å². The van der Waals surface area contributed by atoms with Crippen LogP contribution in [0.2, 0.25) is 0 Å². The topological polar surface area (TPSA) is 19.0 Å². The molecule has 0 bridgehead atoms. The Hall–Kier alpha value is -0.160. The Morgan fingerprint density at radius 3 is 2.39 bits per heavy atom. The third-order valence-corrected chi connectivity index (χ3v) is 5.18. The van der Waals surface area contributed by atoms with Gasteiger partial charge in [-0.05, 0) is 45.9 Å². The van der Waals surface area contributed by atoms with Gasteiger partial charge in [0.1, 0.15) is 0 Å². The van der Waals surface area contributed by atoms with Crippen molar-refractivity contribution in [2.24, 2.45) is 5.92 Å². The normalized spacial score (nSPS) is 31.7. The molecule has 3 fully saturated rings. The van der Waals surface area contributed by atoms with E-state index < -0.39 is 0 Å². The lowest BCUT2D eigenvalue weighted by molar-refractivity contribution is -0.162. The van der Waals surface area contributed by atoms with Gasteiger partial charge in [-0.15, -0.1) is 0 Å². The van der Waals surface area contributed by atoms with Crippen LogP contribution in [0.25, 0.3) is 0 Å². The van der Waals surface area contributed by atoms with Gasteiger partial charge < -0.3 is 9.64 Å². The van der Waals surface area contributed by atoms with Gasteiger partial charge in [-0.2, -0.15) is 0 Å². The quantitative estimate of drug-likeness (QED) is 0.706. The highest BCUT2D eigenvalue weighted by molar-refractivity contribution is 5.01. The molecule has 3 aliphatic heterocycles. The van der Waals surface area contributed by atoms with E-state index in [0.717, 1.165) is 19.1 Å². The van der Waals surface area contributed by atoms with Gasteiger partial charge in [-0.1, -0.05) is 0 Å². The van der Waals surface area contributed by atoms with Crippen molar-refractivity contribution < 1.29 is 4.74 Å². The smallest absolute Gasteiger partial charge is 0.0804 e. The molecular weight excluding hydrogens is 226 g/mol. The van der Waals surface area contributed by atoms with Gasteiger partial charge in [0, 0.05) is 26.2 Å². The standard InChI is InChI=1S/C14H27N3O/c1-15-5-3-13(4-6-15)9-17-8-7-16(2)14(10-17)11-18-12-14/h13H,3-12H2,1-2H3. The highest BCUT2D eigenvalue weighted by atomic mass is 16.5. The number of hydrogen-bond acceptors (Lipinski definition) is 4. The second-order valence-corrected chi connectivity index (χ2v) is 6.62. The van der Waals surface area contributed by atoms with Gasteiger partial charge in [0.05, 0.1) is 18.8 Å². The maximum absolute atomic E-state index is 5.46. The summed E-state index contributed by atoms with van der Waals surface area (Å²) in [6.07, 6.45) is 2.76. The Bertz CT molecular complexity index is 285. The van der Waals surface area contributed by atoms with Crippen molar-refractivity contribution in [1.29, 1.82) is 0 Å². The molecule has 0 saturated carbocycles. The summed E-state index contributed by atoms with van der Waals surface area (Å²) < 4.78 is 5.46. The number of rotatable bonds is 2. The first-order chi connectivity index (χ1) is 8.68. The lowest BCUT2D eigenvalue weighted by Crippen LogP contribution is -2.70. The fourth-order valence-electron chi connectivity index (χ4n) is 3.56. The lowest BCUT2D eigenvalue weighted by Gasteiger charge is -2.54. The van der Waals surface area contributed by atoms with Crippen molar-refractivity contribution in [3.8, 4) is 0 Å². The molecule has 4 nitrogen and oxygen atoms in total. The van der Waals surface area contributed by atoms with Crippen molar-refractivity contribution in [2.45, 2.75) is 18.4 Å². The molecule has 1 spiro atoms. The summed E-state index contributed by atoms with van der Waals surface area (Å²) in [5, 5.41) is 0. The highest BCUT2D eigenvalue weighted by Gasteiger charge is 2.46. The van der Waals surface area contributed by atoms with E-state index in [2.05, 4.69) is 28.8 Å². The summed E-state index contributed by atoms with van der Waals surface area (Å²) in [6.45, 7) is 9.42. The largest absolute Gasteiger partial charge is 0.377 e. The summed E-state index contributed by atoms with van der Waals surface area (Å²) >= 11 is 0. The molecule has 0 unspecified atom stereocenters. The lowest BCUT2D eigenvalue weighted by atomic mass is 9.90. The molecule has 104 valence electrons. The number of piperazine rings is 1. The Balaban J connectivity index is 1.51. The Morgan fingerprint density at radius 1 is 1.06 bits per heavy atom. The minimum Gasteiger partial charge on any atom is -0.377 e. The number of ether oxygens (including phenoxy) is 1. The van der Waals surface area contributed by atoms with Gasteiger partial charge in [0.15, 0.2) is 0 Å². The first-order valence-electron chi connectivity index (χ1n) is 7.38. The molecule has 3 heterocycles. The number of hydrogen-bond donors (Lipinski definition) is 0. The molecule has 3 rings (SSSR count). The van der Waals surface area contributed by atoms with Crippen LogP contribution in [0.4, 0.5) is 0 Å². The molecule has 0 atom stereocenters. The second kappa shape index (κ2) is 5.08. The van der Waals surface area contributed by atoms with Gasteiger partial charge in [-0.3, -0.25) is 9.80 Å². The predicted octanol–water partition coefficient (Wildman–Crippen LogP) is 0.345. The summed E-state index contributed by atoms with van der Waals surface area (Å²) in [5.74, 6) is 0.919. The molecule has 0 amide bonds. The molecule has 0 radical (unpaired) electrons. The minimum atomic E-state index is 0.351. The Kier molecular flexibility index (Phi) is 3.63. The van der Waals surface area contributed by atoms with Crippen LogP contribution in [0.3, 0.4) is 0 Å². The van der Waals surface area contributed by atoms with E-state index in [1.807, 2.05) is 0 Å². The van der Waals surface area contributed by atoms with Crippen LogP contribution in [-0.4, -0.2) is 86.8 Å². The van der Waals surface area contributed by atoms with Crippen LogP contribution in [-0.2, 0) is 4.74 Å². The zero-order chi connectivity index (χ0) is 12.6. The summed E-state index contributed by atoms with van der Waals surface area (Å²) in [4.78, 5) is 7.67. The van der Waals surface area contributed by atoms with Crippen LogP contribution in [0.15, 0.2) is 0 Å². The molecule has 3 saturated heterocycles. The summed E-state index contributed by atoms with van der Waals surface area (Å²) in [6, 6.07) is 0. The van der Waals surface area contributed by atoms with E-state index >= 15 is 0 Å². The average molecular weight is 253 g/mol. The van der Waals surface area contributed by atoms with E-state index in [1.165, 1.54) is 52.1 Å². The molecule has 0 N–H and O–H groups in total. The van der Waals surface area contributed by atoms with E-state index in [4.69, 9.17) is 4.74 Å². The molecule has 18 heavy (non-hydrogen) atoms. The van der Waals surface area contributed by atoms with Gasteiger partial charge in [0.25, 0.3) is 0 Å². The Labute approximate surface area is 111 Å². The summed E-state index contributed by atoms with van der Waals surface area (Å²) in [5.41, 5.74) is 0.351. The van der Waals surface area contributed by atoms with Crippen LogP contribution in [0.5, 0.6) is 0 Å². The minimum absolute atomic E-state index is 0.351. The zero-order valence-electron chi connectivity index (χ0n) is 11.9. The van der Waals surface area contributed by atoms with Crippen LogP contribution in [0, 0.1) is 5.92 Å². The van der Waals surface area contributed by atoms with E-state index in [-0.39, 0.29) is 0 Å². The fraction of sp³-hybridized carbons (Fsp3) is 1.00. The van der Waals surface area contributed by atoms with Gasteiger partial charge in [-0.25, -0.2) is 0 Å². The third-order valence-electron chi connectivity index (χ3n) is 5.18. The molecule has 0 aromatic heterocycles. The Morgan fingerprint density at radius 2 is 1.78 bits per heavy atom. The predicted molar refractivity (Wildman–Crippen MR) is 72.8 cm³/mol. The number of likely N-dealkylation sites (N-methyl/N-ethyl adjacent to an activating group) is 1. The molecule has 0 aliphatic carbocycles. The van der Waals surface area contributed by atoms with Crippen molar-refractivity contribution in [2.75, 3.05) is 66.6 Å². The maximum Gasteiger partial charge on any atom is 0.0804 e. The van der Waals surface area contributed by atoms with Gasteiger partial charge >= 0.3 is 0 Å². The average Bonchev–Trinajstić information content (AvgIpc) is 2.32. The highest BCUT2D eigenvalue weighted by Crippen LogP contribution is 2.29. The molecule has 3 aliphatic rings. The van der Waals surface area contributed by atoms with E-state index in [0.29, 0.717) is 5.54 Å². The third kappa shape index (κ3) is 2.44. The number of likely N-dealkylation sites (tertiary alicyclic amines) is 1. The van der Waals surface area contributed by atoms with Crippen LogP contribution in [0.1, 0.15) is 12.8 Å². The maximum atomic E-state index is 5.46. The van der Waals surface area contributed by atoms with Crippen molar-refractivity contribution in [1.82, 2.24) is 14.7 Å². The SMILES string of the molecule is CN1CCC(CN2CCN(C)C3(COC3)C2)CC1. The zero-order valence-corrected chi connectivity index (χ0v) is 11.9. The van der Waals surface area contributed by atoms with Crippen molar-refractivity contribution >= 4 is 0 Å². The first-order valence-corrected chi connectivity index (χ1v) is 7.38. The van der Waals surface area contributed by atoms with Crippen LogP contribution < -0.4 is 0 Å². The number of nitrogens with zero attached hydrogens (tertiary/aromatic N) is 3. The van der Waals surface area contributed by atoms with Crippen LogP contribution >= 0.6 is 0 Å². The first kappa shape index (κ1) is 12.9. The second-order valence-electron chi connectivity index (χ2n) is 6.62. The van der Waals surface area contributed by atoms with E-state index in [1.54, 1.807) is 0 Å². The molecule has 4 heteroatoms. The number of piperidine rings is 1. The molecular formula is C14H27N3O. The fourth-order valence-corrected chi connectivity index (χ4v) is 3.56. The summed E-state index contributed by atoms with van der Waals surface area (Å²) in [7, 11) is 4.50.